The first-order valence-corrected chi connectivity index (χ1v) is 8.41. The molecule has 0 saturated carbocycles. The smallest absolute Gasteiger partial charge is 0.288 e. The van der Waals surface area contributed by atoms with Gasteiger partial charge in [0.15, 0.2) is 11.6 Å². The van der Waals surface area contributed by atoms with Gasteiger partial charge in [0.1, 0.15) is 0 Å². The zero-order chi connectivity index (χ0) is 18.7. The Hall–Kier alpha value is -3.41. The first-order chi connectivity index (χ1) is 12.3. The van der Waals surface area contributed by atoms with E-state index in [9.17, 15) is 22.3 Å². The molecule has 9 nitrogen and oxygen atoms in total. The summed E-state index contributed by atoms with van der Waals surface area (Å²) in [5, 5.41) is 24.3. The van der Waals surface area contributed by atoms with Gasteiger partial charge in [-0.15, -0.1) is 5.10 Å². The molecule has 0 atom stereocenters. The molecule has 0 aliphatic carbocycles. The maximum Gasteiger partial charge on any atom is 0.288 e. The monoisotopic (exact) mass is 379 g/mol. The summed E-state index contributed by atoms with van der Waals surface area (Å²) in [5.41, 5.74) is 0.274. The molecule has 1 heterocycles. The predicted molar refractivity (Wildman–Crippen MR) is 84.0 cm³/mol. The highest BCUT2D eigenvalue weighted by molar-refractivity contribution is 7.92. The molecule has 0 spiro atoms. The van der Waals surface area contributed by atoms with Gasteiger partial charge in [0, 0.05) is 5.69 Å². The minimum absolute atomic E-state index is 0.117. The van der Waals surface area contributed by atoms with Gasteiger partial charge in [-0.3, -0.25) is 4.72 Å². The largest absolute Gasteiger partial charge is 0.858 e. The van der Waals surface area contributed by atoms with Gasteiger partial charge >= 0.3 is 0 Å². The van der Waals surface area contributed by atoms with Crippen molar-refractivity contribution in [3.05, 3.63) is 59.7 Å². The summed E-state index contributed by atoms with van der Waals surface area (Å²) in [5.74, 6) is -3.23. The van der Waals surface area contributed by atoms with Crippen LogP contribution in [0.3, 0.4) is 0 Å². The summed E-state index contributed by atoms with van der Waals surface area (Å²) in [4.78, 5) is 3.15. The SMILES string of the molecule is O=S(=O)(Nc1ccc(C([O-])=Nc2nn[nH]n2)cc1)c1ccc(F)c(F)c1. The van der Waals surface area contributed by atoms with E-state index in [0.29, 0.717) is 12.1 Å². The van der Waals surface area contributed by atoms with Crippen LogP contribution in [-0.4, -0.2) is 34.9 Å². The molecule has 0 unspecified atom stereocenters. The normalized spacial score (nSPS) is 12.2. The lowest BCUT2D eigenvalue weighted by Gasteiger charge is -2.12. The van der Waals surface area contributed by atoms with E-state index in [4.69, 9.17) is 0 Å². The van der Waals surface area contributed by atoms with Gasteiger partial charge in [0.25, 0.3) is 16.0 Å². The topological polar surface area (TPSA) is 136 Å². The van der Waals surface area contributed by atoms with E-state index in [1.54, 1.807) is 0 Å². The maximum absolute atomic E-state index is 13.2. The van der Waals surface area contributed by atoms with Crippen LogP contribution < -0.4 is 9.83 Å². The summed E-state index contributed by atoms with van der Waals surface area (Å²) >= 11 is 0. The lowest BCUT2D eigenvalue weighted by atomic mass is 10.2. The van der Waals surface area contributed by atoms with E-state index >= 15 is 0 Å². The second-order valence-electron chi connectivity index (χ2n) is 4.89. The number of hydrogen-bond donors (Lipinski definition) is 2. The van der Waals surface area contributed by atoms with Crippen molar-refractivity contribution in [3.8, 4) is 0 Å². The third-order valence-electron chi connectivity index (χ3n) is 3.12. The van der Waals surface area contributed by atoms with Crippen LogP contribution in [0.15, 0.2) is 52.4 Å². The highest BCUT2D eigenvalue weighted by Gasteiger charge is 2.16. The molecule has 0 radical (unpaired) electrons. The van der Waals surface area contributed by atoms with Crippen LogP contribution in [0.1, 0.15) is 5.56 Å². The number of nitrogens with one attached hydrogen (secondary N) is 2. The summed E-state index contributed by atoms with van der Waals surface area (Å²) in [6, 6.07) is 7.50. The number of hydrogen-bond acceptors (Lipinski definition) is 7. The van der Waals surface area contributed by atoms with Crippen molar-refractivity contribution in [2.75, 3.05) is 4.72 Å². The Balaban J connectivity index is 1.79. The van der Waals surface area contributed by atoms with Crippen LogP contribution >= 0.6 is 0 Å². The Morgan fingerprint density at radius 3 is 2.46 bits per heavy atom. The van der Waals surface area contributed by atoms with Gasteiger partial charge < -0.3 is 5.11 Å². The number of nitrogens with zero attached hydrogens (tertiary/aromatic N) is 4. The Bertz CT molecular complexity index is 1050. The molecule has 0 fully saturated rings. The van der Waals surface area contributed by atoms with Crippen molar-refractivity contribution in [2.24, 2.45) is 4.99 Å². The molecule has 2 N–H and O–H groups in total. The summed E-state index contributed by atoms with van der Waals surface area (Å²) in [6.07, 6.45) is 0. The third-order valence-corrected chi connectivity index (χ3v) is 4.50. The molecule has 0 bridgehead atoms. The van der Waals surface area contributed by atoms with Crippen LogP contribution in [0, 0.1) is 11.6 Å². The van der Waals surface area contributed by atoms with Crippen LogP contribution in [-0.2, 0) is 10.0 Å². The van der Waals surface area contributed by atoms with E-state index in [1.807, 2.05) is 0 Å². The van der Waals surface area contributed by atoms with E-state index in [1.165, 1.54) is 24.3 Å². The fourth-order valence-corrected chi connectivity index (χ4v) is 2.97. The molecule has 0 aliphatic rings. The molecule has 26 heavy (non-hydrogen) atoms. The zero-order valence-corrected chi connectivity index (χ0v) is 13.5. The predicted octanol–water partition coefficient (Wildman–Crippen LogP) is 0.717. The van der Waals surface area contributed by atoms with Gasteiger partial charge in [-0.1, -0.05) is 17.2 Å². The van der Waals surface area contributed by atoms with E-state index < -0.39 is 32.5 Å². The summed E-state index contributed by atoms with van der Waals surface area (Å²) in [7, 11) is -4.12. The zero-order valence-electron chi connectivity index (χ0n) is 12.7. The van der Waals surface area contributed by atoms with Crippen molar-refractivity contribution < 1.29 is 22.3 Å². The number of rotatable bonds is 5. The Kier molecular flexibility index (Phi) is 4.58. The molecule has 3 aromatic rings. The van der Waals surface area contributed by atoms with Crippen molar-refractivity contribution in [1.82, 2.24) is 20.6 Å². The average Bonchev–Trinajstić information content (AvgIpc) is 3.10. The molecule has 12 heteroatoms. The maximum atomic E-state index is 13.2. The Labute approximate surface area is 145 Å². The molecule has 2 aromatic carbocycles. The van der Waals surface area contributed by atoms with E-state index in [2.05, 4.69) is 30.3 Å². The van der Waals surface area contributed by atoms with Crippen molar-refractivity contribution in [3.63, 3.8) is 0 Å². The number of anilines is 1. The highest BCUT2D eigenvalue weighted by Crippen LogP contribution is 2.19. The molecule has 0 amide bonds. The number of tetrazole rings is 1. The van der Waals surface area contributed by atoms with Crippen LogP contribution in [0.2, 0.25) is 0 Å². The Morgan fingerprint density at radius 1 is 1.12 bits per heavy atom. The van der Waals surface area contributed by atoms with Gasteiger partial charge in [-0.05, 0) is 47.0 Å². The summed E-state index contributed by atoms with van der Waals surface area (Å²) in [6.45, 7) is 0. The first kappa shape index (κ1) is 17.4. The number of aromatic nitrogens is 4. The quantitative estimate of drug-likeness (QED) is 0.495. The average molecular weight is 379 g/mol. The fourth-order valence-electron chi connectivity index (χ4n) is 1.90. The van der Waals surface area contributed by atoms with Gasteiger partial charge in [-0.25, -0.2) is 22.2 Å². The fraction of sp³-hybridized carbons (Fsp3) is 0. The van der Waals surface area contributed by atoms with Gasteiger partial charge in [-0.2, -0.15) is 5.21 Å². The van der Waals surface area contributed by atoms with Crippen LogP contribution in [0.5, 0.6) is 0 Å². The lowest BCUT2D eigenvalue weighted by molar-refractivity contribution is -0.212. The number of sulfonamides is 1. The molecule has 0 aliphatic heterocycles. The molecule has 3 rings (SSSR count). The molecular weight excluding hydrogens is 370 g/mol. The van der Waals surface area contributed by atoms with E-state index in [-0.39, 0.29) is 17.2 Å². The Morgan fingerprint density at radius 2 is 1.85 bits per heavy atom. The van der Waals surface area contributed by atoms with Crippen molar-refractivity contribution in [1.29, 1.82) is 0 Å². The second-order valence-corrected chi connectivity index (χ2v) is 6.57. The van der Waals surface area contributed by atoms with Crippen LogP contribution in [0.4, 0.5) is 20.4 Å². The molecule has 1 aromatic heterocycles. The summed E-state index contributed by atoms with van der Waals surface area (Å²) < 4.78 is 52.7. The van der Waals surface area contributed by atoms with Crippen molar-refractivity contribution >= 4 is 27.6 Å². The van der Waals surface area contributed by atoms with Gasteiger partial charge in [0.2, 0.25) is 0 Å². The number of benzene rings is 2. The lowest BCUT2D eigenvalue weighted by Crippen LogP contribution is -2.18. The number of H-pyrrole nitrogens is 1. The number of aromatic amines is 1. The van der Waals surface area contributed by atoms with Crippen LogP contribution in [0.25, 0.3) is 0 Å². The second kappa shape index (κ2) is 6.84. The number of halogens is 2. The highest BCUT2D eigenvalue weighted by atomic mass is 32.2. The standard InChI is InChI=1S/C14H10F2N6O3S/c15-11-6-5-10(7-12(11)16)26(24,25)20-9-3-1-8(2-4-9)13(23)17-14-18-21-22-19-14/h1-7,20H,(H2,17,18,19,21,22,23)/p-1. The molecule has 134 valence electrons. The van der Waals surface area contributed by atoms with E-state index in [0.717, 1.165) is 6.07 Å². The minimum atomic E-state index is -4.12. The molecule has 0 saturated heterocycles. The number of aliphatic imine (C=N–C) groups is 1. The van der Waals surface area contributed by atoms with Gasteiger partial charge in [0.05, 0.1) is 4.90 Å². The third kappa shape index (κ3) is 3.80. The van der Waals surface area contributed by atoms with Crippen molar-refractivity contribution in [2.45, 2.75) is 4.90 Å². The minimum Gasteiger partial charge on any atom is -0.858 e. The first-order valence-electron chi connectivity index (χ1n) is 6.92. The molecular formula is C14H9F2N6O3S-.